The van der Waals surface area contributed by atoms with Crippen LogP contribution in [-0.2, 0) is 6.42 Å². The van der Waals surface area contributed by atoms with Gasteiger partial charge in [-0.25, -0.2) is 4.98 Å². The molecule has 4 nitrogen and oxygen atoms in total. The van der Waals surface area contributed by atoms with Crippen LogP contribution in [0.25, 0.3) is 11.2 Å². The van der Waals surface area contributed by atoms with Crippen molar-refractivity contribution in [2.45, 2.75) is 32.6 Å². The van der Waals surface area contributed by atoms with Crippen LogP contribution in [0.3, 0.4) is 0 Å². The van der Waals surface area contributed by atoms with Crippen LogP contribution in [-0.4, -0.2) is 21.6 Å². The molecule has 0 saturated heterocycles. The first-order chi connectivity index (χ1) is 8.35. The summed E-state index contributed by atoms with van der Waals surface area (Å²) in [5.74, 6) is 2.54. The number of ether oxygens (including phenoxy) is 1. The smallest absolute Gasteiger partial charge is 0.215 e. The molecule has 1 N–H and O–H groups in total. The minimum Gasteiger partial charge on any atom is -0.478 e. The van der Waals surface area contributed by atoms with Gasteiger partial charge in [-0.15, -0.1) is 0 Å². The average Bonchev–Trinajstić information content (AvgIpc) is 2.66. The summed E-state index contributed by atoms with van der Waals surface area (Å²) in [7, 11) is 0. The van der Waals surface area contributed by atoms with Gasteiger partial charge in [-0.3, -0.25) is 0 Å². The van der Waals surface area contributed by atoms with E-state index in [-0.39, 0.29) is 0 Å². The van der Waals surface area contributed by atoms with E-state index in [0.717, 1.165) is 29.3 Å². The van der Waals surface area contributed by atoms with E-state index in [1.807, 2.05) is 19.1 Å². The topological polar surface area (TPSA) is 50.8 Å². The normalized spacial score (nSPS) is 16.1. The Morgan fingerprint density at radius 1 is 1.35 bits per heavy atom. The van der Waals surface area contributed by atoms with Crippen molar-refractivity contribution in [3.05, 3.63) is 18.0 Å². The number of rotatable bonds is 4. The molecular formula is C13H17N3O. The lowest BCUT2D eigenvalue weighted by molar-refractivity contribution is 0.310. The Balaban J connectivity index is 1.84. The van der Waals surface area contributed by atoms with Crippen LogP contribution in [0.1, 0.15) is 32.0 Å². The van der Waals surface area contributed by atoms with E-state index in [2.05, 4.69) is 15.0 Å². The summed E-state index contributed by atoms with van der Waals surface area (Å²) in [4.78, 5) is 12.2. The van der Waals surface area contributed by atoms with Gasteiger partial charge >= 0.3 is 0 Å². The Morgan fingerprint density at radius 3 is 2.94 bits per heavy atom. The molecule has 2 aromatic heterocycles. The highest BCUT2D eigenvalue weighted by Crippen LogP contribution is 2.29. The minimum atomic E-state index is 0.637. The molecule has 2 aromatic rings. The number of nitrogens with one attached hydrogen (secondary N) is 1. The quantitative estimate of drug-likeness (QED) is 0.880. The first kappa shape index (κ1) is 10.6. The summed E-state index contributed by atoms with van der Waals surface area (Å²) in [6, 6.07) is 3.88. The lowest BCUT2D eigenvalue weighted by Crippen LogP contribution is -2.14. The Morgan fingerprint density at radius 2 is 2.24 bits per heavy atom. The molecule has 0 unspecified atom stereocenters. The molecule has 1 fully saturated rings. The monoisotopic (exact) mass is 231 g/mol. The Bertz CT molecular complexity index is 516. The molecule has 0 aromatic carbocycles. The standard InChI is InChI=1S/C13H17N3O/c1-2-17-12-7-6-10-13(16-12)15-11(14-10)8-9-4-3-5-9/h6-7,9H,2-5,8H2,1H3,(H,14,15,16). The molecule has 1 aliphatic rings. The molecule has 0 spiro atoms. The Kier molecular flexibility index (Phi) is 2.71. The molecule has 0 atom stereocenters. The van der Waals surface area contributed by atoms with Gasteiger partial charge in [-0.05, 0) is 18.9 Å². The van der Waals surface area contributed by atoms with Crippen molar-refractivity contribution in [1.29, 1.82) is 0 Å². The summed E-state index contributed by atoms with van der Waals surface area (Å²) in [6.45, 7) is 2.59. The molecule has 0 bridgehead atoms. The van der Waals surface area contributed by atoms with Crippen LogP contribution in [0.5, 0.6) is 5.88 Å². The first-order valence-corrected chi connectivity index (χ1v) is 6.33. The van der Waals surface area contributed by atoms with Gasteiger partial charge < -0.3 is 9.72 Å². The molecule has 3 rings (SSSR count). The fraction of sp³-hybridized carbons (Fsp3) is 0.538. The van der Waals surface area contributed by atoms with Crippen molar-refractivity contribution in [2.75, 3.05) is 6.61 Å². The van der Waals surface area contributed by atoms with Crippen molar-refractivity contribution >= 4 is 11.2 Å². The summed E-state index contributed by atoms with van der Waals surface area (Å²) < 4.78 is 5.37. The predicted octanol–water partition coefficient (Wildman–Crippen LogP) is 2.70. The van der Waals surface area contributed by atoms with Gasteiger partial charge in [0.2, 0.25) is 5.88 Å². The molecule has 4 heteroatoms. The third-order valence-electron chi connectivity index (χ3n) is 3.37. The van der Waals surface area contributed by atoms with Gasteiger partial charge in [-0.1, -0.05) is 19.3 Å². The zero-order chi connectivity index (χ0) is 11.7. The van der Waals surface area contributed by atoms with Crippen molar-refractivity contribution < 1.29 is 4.74 Å². The lowest BCUT2D eigenvalue weighted by atomic mass is 9.83. The highest BCUT2D eigenvalue weighted by molar-refractivity contribution is 5.71. The van der Waals surface area contributed by atoms with Gasteiger partial charge in [0.05, 0.1) is 12.1 Å². The lowest BCUT2D eigenvalue weighted by Gasteiger charge is -2.23. The first-order valence-electron chi connectivity index (χ1n) is 6.33. The molecule has 0 radical (unpaired) electrons. The number of nitrogens with zero attached hydrogens (tertiary/aromatic N) is 2. The summed E-state index contributed by atoms with van der Waals surface area (Å²) in [5, 5.41) is 0. The molecule has 0 amide bonds. The van der Waals surface area contributed by atoms with E-state index in [9.17, 15) is 0 Å². The maximum atomic E-state index is 5.37. The van der Waals surface area contributed by atoms with Crippen molar-refractivity contribution in [3.63, 3.8) is 0 Å². The third-order valence-corrected chi connectivity index (χ3v) is 3.37. The van der Waals surface area contributed by atoms with Crippen molar-refractivity contribution in [1.82, 2.24) is 15.0 Å². The predicted molar refractivity (Wildman–Crippen MR) is 66.1 cm³/mol. The number of aromatic nitrogens is 3. The molecule has 17 heavy (non-hydrogen) atoms. The van der Waals surface area contributed by atoms with E-state index >= 15 is 0 Å². The van der Waals surface area contributed by atoms with Crippen LogP contribution in [0.4, 0.5) is 0 Å². The number of aromatic amines is 1. The second kappa shape index (κ2) is 4.35. The van der Waals surface area contributed by atoms with Crippen LogP contribution in [0.15, 0.2) is 12.1 Å². The summed E-state index contributed by atoms with van der Waals surface area (Å²) in [6.07, 6.45) is 5.11. The molecule has 1 saturated carbocycles. The van der Waals surface area contributed by atoms with Crippen molar-refractivity contribution in [3.8, 4) is 5.88 Å². The van der Waals surface area contributed by atoms with Gasteiger partial charge in [0, 0.05) is 12.5 Å². The second-order valence-corrected chi connectivity index (χ2v) is 4.64. The number of H-pyrrole nitrogens is 1. The van der Waals surface area contributed by atoms with E-state index < -0.39 is 0 Å². The van der Waals surface area contributed by atoms with Crippen LogP contribution < -0.4 is 4.74 Å². The molecule has 0 aliphatic heterocycles. The fourth-order valence-electron chi connectivity index (χ4n) is 2.22. The number of fused-ring (bicyclic) bond motifs is 1. The summed E-state index contributed by atoms with van der Waals surface area (Å²) >= 11 is 0. The van der Waals surface area contributed by atoms with E-state index in [1.165, 1.54) is 19.3 Å². The molecule has 2 heterocycles. The zero-order valence-electron chi connectivity index (χ0n) is 10.1. The zero-order valence-corrected chi connectivity index (χ0v) is 10.1. The van der Waals surface area contributed by atoms with Crippen molar-refractivity contribution in [2.24, 2.45) is 5.92 Å². The van der Waals surface area contributed by atoms with Crippen LogP contribution >= 0.6 is 0 Å². The molecule has 1 aliphatic carbocycles. The maximum absolute atomic E-state index is 5.37. The van der Waals surface area contributed by atoms with E-state index in [4.69, 9.17) is 4.74 Å². The van der Waals surface area contributed by atoms with Gasteiger partial charge in [0.1, 0.15) is 5.82 Å². The highest BCUT2D eigenvalue weighted by Gasteiger charge is 2.19. The second-order valence-electron chi connectivity index (χ2n) is 4.64. The number of pyridine rings is 1. The number of hydrogen-bond donors (Lipinski definition) is 1. The van der Waals surface area contributed by atoms with E-state index in [1.54, 1.807) is 0 Å². The number of imidazole rings is 1. The van der Waals surface area contributed by atoms with Gasteiger partial charge in [-0.2, -0.15) is 4.98 Å². The largest absolute Gasteiger partial charge is 0.478 e. The third kappa shape index (κ3) is 2.12. The number of hydrogen-bond acceptors (Lipinski definition) is 3. The average molecular weight is 231 g/mol. The minimum absolute atomic E-state index is 0.637. The molecule has 90 valence electrons. The summed E-state index contributed by atoms with van der Waals surface area (Å²) in [5.41, 5.74) is 1.77. The van der Waals surface area contributed by atoms with Gasteiger partial charge in [0.25, 0.3) is 0 Å². The Hall–Kier alpha value is -1.58. The van der Waals surface area contributed by atoms with Crippen LogP contribution in [0.2, 0.25) is 0 Å². The van der Waals surface area contributed by atoms with Crippen LogP contribution in [0, 0.1) is 5.92 Å². The maximum Gasteiger partial charge on any atom is 0.215 e. The fourth-order valence-corrected chi connectivity index (χ4v) is 2.22. The van der Waals surface area contributed by atoms with Gasteiger partial charge in [0.15, 0.2) is 5.65 Å². The highest BCUT2D eigenvalue weighted by atomic mass is 16.5. The Labute approximate surface area is 100 Å². The molecular weight excluding hydrogens is 214 g/mol. The SMILES string of the molecule is CCOc1ccc2[nH]c(CC3CCC3)nc2n1. The van der Waals surface area contributed by atoms with E-state index in [0.29, 0.717) is 12.5 Å².